The summed E-state index contributed by atoms with van der Waals surface area (Å²) in [6, 6.07) is 7.07. The maximum Gasteiger partial charge on any atom is 0.323 e. The molecule has 0 bridgehead atoms. The van der Waals surface area contributed by atoms with E-state index in [2.05, 4.69) is 4.90 Å². The minimum absolute atomic E-state index is 0.167. The highest BCUT2D eigenvalue weighted by Crippen LogP contribution is 2.29. The molecule has 3 rings (SSSR count). The Bertz CT molecular complexity index is 887. The minimum atomic E-state index is -3.47. The summed E-state index contributed by atoms with van der Waals surface area (Å²) < 4.78 is 33.2. The number of anilines is 1. The number of carbonyl (C=O) groups is 1. The number of nitrogens with zero attached hydrogens (tertiary/aromatic N) is 3. The van der Waals surface area contributed by atoms with Crippen LogP contribution in [0.15, 0.2) is 30.5 Å². The molecular formula is C17H23N3O5S. The van der Waals surface area contributed by atoms with Crippen molar-refractivity contribution in [3.8, 4) is 0 Å². The van der Waals surface area contributed by atoms with E-state index in [0.717, 1.165) is 18.5 Å². The number of sulfonamides is 1. The summed E-state index contributed by atoms with van der Waals surface area (Å²) in [7, 11) is -3.47. The average molecular weight is 381 g/mol. The number of carboxylic acids is 1. The Hall–Kier alpha value is -2.10. The molecule has 2 aromatic rings. The monoisotopic (exact) mass is 381 g/mol. The molecule has 1 saturated heterocycles. The van der Waals surface area contributed by atoms with Gasteiger partial charge in [-0.25, -0.2) is 8.42 Å². The number of hydrogen-bond acceptors (Lipinski definition) is 5. The van der Waals surface area contributed by atoms with Crippen LogP contribution >= 0.6 is 0 Å². The molecule has 0 aliphatic carbocycles. The van der Waals surface area contributed by atoms with Crippen LogP contribution in [-0.4, -0.2) is 74.6 Å². The van der Waals surface area contributed by atoms with Crippen molar-refractivity contribution < 1.29 is 23.1 Å². The van der Waals surface area contributed by atoms with Crippen LogP contribution in [0.1, 0.15) is 0 Å². The molecule has 0 unspecified atom stereocenters. The van der Waals surface area contributed by atoms with Gasteiger partial charge < -0.3 is 14.4 Å². The minimum Gasteiger partial charge on any atom is -0.480 e. The molecule has 142 valence electrons. The highest BCUT2D eigenvalue weighted by Gasteiger charge is 2.22. The molecule has 1 aromatic carbocycles. The van der Waals surface area contributed by atoms with Crippen molar-refractivity contribution in [2.45, 2.75) is 6.54 Å². The van der Waals surface area contributed by atoms with Crippen molar-refractivity contribution >= 4 is 32.6 Å². The Balaban J connectivity index is 1.91. The summed E-state index contributed by atoms with van der Waals surface area (Å²) in [6.07, 6.45) is 2.87. The first kappa shape index (κ1) is 18.7. The second-order valence-electron chi connectivity index (χ2n) is 6.34. The third-order valence-electron chi connectivity index (χ3n) is 4.49. The Labute approximate surface area is 152 Å². The molecule has 1 N–H and O–H groups in total. The fraction of sp³-hybridized carbons (Fsp3) is 0.471. The van der Waals surface area contributed by atoms with Gasteiger partial charge in [-0.05, 0) is 18.2 Å². The van der Waals surface area contributed by atoms with Crippen LogP contribution < -0.4 is 4.31 Å². The molecule has 0 amide bonds. The molecule has 1 aliphatic heterocycles. The maximum absolute atomic E-state index is 12.4. The molecule has 1 fully saturated rings. The van der Waals surface area contributed by atoms with Gasteiger partial charge >= 0.3 is 5.97 Å². The van der Waals surface area contributed by atoms with Crippen LogP contribution in [0.25, 0.3) is 10.9 Å². The van der Waals surface area contributed by atoms with E-state index in [4.69, 9.17) is 9.84 Å². The molecule has 0 atom stereocenters. The van der Waals surface area contributed by atoms with Gasteiger partial charge in [-0.2, -0.15) is 0 Å². The lowest BCUT2D eigenvalue weighted by Gasteiger charge is -2.30. The van der Waals surface area contributed by atoms with E-state index in [1.54, 1.807) is 35.0 Å². The van der Waals surface area contributed by atoms with Gasteiger partial charge in [-0.15, -0.1) is 0 Å². The molecule has 0 saturated carbocycles. The van der Waals surface area contributed by atoms with Crippen LogP contribution in [0, 0.1) is 0 Å². The van der Waals surface area contributed by atoms with Crippen LogP contribution in [0.2, 0.25) is 0 Å². The zero-order chi connectivity index (χ0) is 18.7. The number of rotatable bonds is 7. The number of fused-ring (bicyclic) bond motifs is 1. The first-order valence-corrected chi connectivity index (χ1v) is 10.3. The van der Waals surface area contributed by atoms with Gasteiger partial charge in [0.25, 0.3) is 0 Å². The maximum atomic E-state index is 12.4. The normalized spacial score (nSPS) is 16.0. The number of aliphatic carboxylic acids is 1. The summed E-state index contributed by atoms with van der Waals surface area (Å²) in [4.78, 5) is 13.2. The summed E-state index contributed by atoms with van der Waals surface area (Å²) in [5.74, 6) is -0.944. The van der Waals surface area contributed by atoms with Crippen LogP contribution in [0.4, 0.5) is 5.69 Å². The first-order valence-electron chi connectivity index (χ1n) is 8.44. The Morgan fingerprint density at radius 3 is 2.65 bits per heavy atom. The van der Waals surface area contributed by atoms with E-state index < -0.39 is 16.0 Å². The summed E-state index contributed by atoms with van der Waals surface area (Å²) in [5.41, 5.74) is 1.27. The predicted molar refractivity (Wildman–Crippen MR) is 99.0 cm³/mol. The third-order valence-corrected chi connectivity index (χ3v) is 5.67. The van der Waals surface area contributed by atoms with Gasteiger partial charge in [0.1, 0.15) is 6.54 Å². The highest BCUT2D eigenvalue weighted by molar-refractivity contribution is 7.92. The fourth-order valence-corrected chi connectivity index (χ4v) is 4.16. The van der Waals surface area contributed by atoms with Crippen molar-refractivity contribution in [3.05, 3.63) is 30.5 Å². The molecule has 9 heteroatoms. The van der Waals surface area contributed by atoms with Crippen molar-refractivity contribution in [1.29, 1.82) is 0 Å². The first-order chi connectivity index (χ1) is 12.4. The predicted octanol–water partition coefficient (Wildman–Crippen LogP) is 0.824. The zero-order valence-corrected chi connectivity index (χ0v) is 15.5. The zero-order valence-electron chi connectivity index (χ0n) is 14.7. The van der Waals surface area contributed by atoms with E-state index >= 15 is 0 Å². The van der Waals surface area contributed by atoms with E-state index in [1.165, 1.54) is 10.6 Å². The lowest BCUT2D eigenvalue weighted by Crippen LogP contribution is -2.43. The van der Waals surface area contributed by atoms with Gasteiger partial charge in [-0.3, -0.25) is 14.0 Å². The topological polar surface area (TPSA) is 92.1 Å². The number of aromatic nitrogens is 1. The second kappa shape index (κ2) is 7.65. The van der Waals surface area contributed by atoms with Crippen molar-refractivity contribution in [1.82, 2.24) is 9.47 Å². The average Bonchev–Trinajstić information content (AvgIpc) is 2.98. The SMILES string of the molecule is CS(=O)(=O)N(CCN1CCOCC1)c1cccc2c1ccn2CC(=O)O. The number of morpholine rings is 1. The lowest BCUT2D eigenvalue weighted by molar-refractivity contribution is -0.137. The van der Waals surface area contributed by atoms with E-state index in [-0.39, 0.29) is 6.54 Å². The van der Waals surface area contributed by atoms with Crippen LogP contribution in [0.5, 0.6) is 0 Å². The summed E-state index contributed by atoms with van der Waals surface area (Å²) in [6.45, 7) is 3.68. The highest BCUT2D eigenvalue weighted by atomic mass is 32.2. The molecule has 0 radical (unpaired) electrons. The smallest absolute Gasteiger partial charge is 0.323 e. The largest absolute Gasteiger partial charge is 0.480 e. The number of ether oxygens (including phenoxy) is 1. The van der Waals surface area contributed by atoms with Gasteiger partial charge in [0.15, 0.2) is 0 Å². The van der Waals surface area contributed by atoms with Gasteiger partial charge in [0.2, 0.25) is 10.0 Å². The van der Waals surface area contributed by atoms with Gasteiger partial charge in [-0.1, -0.05) is 6.07 Å². The Morgan fingerprint density at radius 2 is 2.00 bits per heavy atom. The summed E-state index contributed by atoms with van der Waals surface area (Å²) >= 11 is 0. The Kier molecular flexibility index (Phi) is 5.49. The van der Waals surface area contributed by atoms with Crippen molar-refractivity contribution in [2.24, 2.45) is 0 Å². The number of carboxylic acid groups (broad SMARTS) is 1. The van der Waals surface area contributed by atoms with Crippen molar-refractivity contribution in [3.63, 3.8) is 0 Å². The van der Waals surface area contributed by atoms with Crippen LogP contribution in [0.3, 0.4) is 0 Å². The summed E-state index contributed by atoms with van der Waals surface area (Å²) in [5, 5.41) is 9.76. The molecule has 2 heterocycles. The fourth-order valence-electron chi connectivity index (χ4n) is 3.23. The quantitative estimate of drug-likeness (QED) is 0.764. The molecule has 1 aromatic heterocycles. The van der Waals surface area contributed by atoms with Gasteiger partial charge in [0, 0.05) is 37.8 Å². The molecule has 1 aliphatic rings. The van der Waals surface area contributed by atoms with E-state index in [1.807, 2.05) is 0 Å². The molecule has 0 spiro atoms. The number of hydrogen-bond donors (Lipinski definition) is 1. The number of benzene rings is 1. The van der Waals surface area contributed by atoms with Crippen molar-refractivity contribution in [2.75, 3.05) is 50.0 Å². The van der Waals surface area contributed by atoms with Gasteiger partial charge in [0.05, 0.1) is 30.7 Å². The molecule has 8 nitrogen and oxygen atoms in total. The third kappa shape index (κ3) is 4.17. The second-order valence-corrected chi connectivity index (χ2v) is 8.24. The lowest BCUT2D eigenvalue weighted by atomic mass is 10.2. The van der Waals surface area contributed by atoms with Crippen LogP contribution in [-0.2, 0) is 26.1 Å². The Morgan fingerprint density at radius 1 is 1.27 bits per heavy atom. The van der Waals surface area contributed by atoms with E-state index in [0.29, 0.717) is 37.5 Å². The standard InChI is InChI=1S/C17H23N3O5S/c1-26(23,24)20(8-7-18-9-11-25-12-10-18)16-4-2-3-15-14(16)5-6-19(15)13-17(21)22/h2-6H,7-13H2,1H3,(H,21,22). The van der Waals surface area contributed by atoms with E-state index in [9.17, 15) is 13.2 Å². The molecule has 26 heavy (non-hydrogen) atoms. The molecular weight excluding hydrogens is 358 g/mol.